The van der Waals surface area contributed by atoms with Crippen molar-refractivity contribution < 1.29 is 18.3 Å². The van der Waals surface area contributed by atoms with E-state index in [4.69, 9.17) is 5.73 Å². The molecule has 4 N–H and O–H groups in total. The minimum atomic E-state index is -3.33. The molecule has 0 saturated carbocycles. The molecule has 0 bridgehead atoms. The zero-order valence-electron chi connectivity index (χ0n) is 19.8. The van der Waals surface area contributed by atoms with E-state index in [0.717, 1.165) is 17.5 Å². The van der Waals surface area contributed by atoms with Crippen LogP contribution in [-0.4, -0.2) is 74.1 Å². The van der Waals surface area contributed by atoms with Crippen LogP contribution in [0.3, 0.4) is 0 Å². The van der Waals surface area contributed by atoms with Crippen molar-refractivity contribution in [2.24, 2.45) is 11.7 Å². The van der Waals surface area contributed by atoms with Gasteiger partial charge in [0.15, 0.2) is 0 Å². The lowest BCUT2D eigenvalue weighted by molar-refractivity contribution is 0.0577. The molecule has 0 aliphatic carbocycles. The highest BCUT2D eigenvalue weighted by atomic mass is 32.2. The minimum absolute atomic E-state index is 0.0816. The first-order valence-corrected chi connectivity index (χ1v) is 13.0. The second kappa shape index (κ2) is 8.67. The number of rotatable bonds is 8. The van der Waals surface area contributed by atoms with Crippen LogP contribution in [0.1, 0.15) is 37.6 Å². The van der Waals surface area contributed by atoms with Gasteiger partial charge in [-0.3, -0.25) is 9.48 Å². The van der Waals surface area contributed by atoms with E-state index in [1.165, 1.54) is 16.8 Å². The first-order valence-electron chi connectivity index (χ1n) is 11.1. The predicted octanol–water partition coefficient (Wildman–Crippen LogP) is 1.15. The number of nitrogens with zero attached hydrogens (tertiary/aromatic N) is 5. The lowest BCUT2D eigenvalue weighted by Gasteiger charge is -2.21. The fourth-order valence-electron chi connectivity index (χ4n) is 4.41. The topological polar surface area (TPSA) is 148 Å². The summed E-state index contributed by atoms with van der Waals surface area (Å²) in [4.78, 5) is 12.2. The molecule has 0 radical (unpaired) electrons. The second-order valence-electron chi connectivity index (χ2n) is 9.59. The van der Waals surface area contributed by atoms with Gasteiger partial charge in [-0.25, -0.2) is 12.9 Å². The van der Waals surface area contributed by atoms with E-state index in [0.29, 0.717) is 30.8 Å². The van der Waals surface area contributed by atoms with E-state index in [1.807, 2.05) is 25.4 Å². The Morgan fingerprint density at radius 2 is 1.97 bits per heavy atom. The van der Waals surface area contributed by atoms with Crippen molar-refractivity contribution in [2.45, 2.75) is 45.4 Å². The van der Waals surface area contributed by atoms with Gasteiger partial charge in [0.1, 0.15) is 0 Å². The van der Waals surface area contributed by atoms with Crippen LogP contribution in [0.4, 0.5) is 5.69 Å². The number of amides is 1. The van der Waals surface area contributed by atoms with Gasteiger partial charge in [0.2, 0.25) is 10.0 Å². The molecule has 4 heterocycles. The highest BCUT2D eigenvalue weighted by Gasteiger charge is 2.36. The standard InChI is InChI=1S/C22H31N7O4S/c1-5-14-10-28(34(4,32)33)12-18(14)26-20-17(21(23)30)8-25-29-11-15(6-19(20)29)16-7-24-27(9-16)13-22(2,3)31/h6-9,11,14,18,26,31H,5,10,12-13H2,1-4H3,(H2,23,30)/t14-,18+/m0/s1. The number of nitrogens with one attached hydrogen (secondary N) is 1. The Balaban J connectivity index is 1.72. The van der Waals surface area contributed by atoms with Gasteiger partial charge in [-0.15, -0.1) is 0 Å². The van der Waals surface area contributed by atoms with Gasteiger partial charge in [-0.1, -0.05) is 13.3 Å². The maximum Gasteiger partial charge on any atom is 0.252 e. The number of hydrogen-bond acceptors (Lipinski definition) is 7. The number of primary amides is 1. The third-order valence-corrected chi connectivity index (χ3v) is 7.38. The van der Waals surface area contributed by atoms with Crippen LogP contribution in [0, 0.1) is 5.92 Å². The quantitative estimate of drug-likeness (QED) is 0.430. The lowest BCUT2D eigenvalue weighted by Crippen LogP contribution is -2.32. The molecule has 3 aromatic heterocycles. The number of fused-ring (bicyclic) bond motifs is 1. The summed E-state index contributed by atoms with van der Waals surface area (Å²) in [5.41, 5.74) is 7.82. The molecule has 2 atom stereocenters. The molecule has 1 amide bonds. The Hall–Kier alpha value is -2.96. The first-order chi connectivity index (χ1) is 15.9. The van der Waals surface area contributed by atoms with Crippen LogP contribution in [0.5, 0.6) is 0 Å². The first kappa shape index (κ1) is 24.2. The summed E-state index contributed by atoms with van der Waals surface area (Å²) in [6.45, 7) is 6.52. The van der Waals surface area contributed by atoms with E-state index in [9.17, 15) is 18.3 Å². The summed E-state index contributed by atoms with van der Waals surface area (Å²) in [5, 5.41) is 22.2. The van der Waals surface area contributed by atoms with Crippen LogP contribution < -0.4 is 11.1 Å². The highest BCUT2D eigenvalue weighted by molar-refractivity contribution is 7.88. The van der Waals surface area contributed by atoms with E-state index in [1.54, 1.807) is 29.2 Å². The van der Waals surface area contributed by atoms with Crippen molar-refractivity contribution in [3.63, 3.8) is 0 Å². The molecular formula is C22H31N7O4S. The molecular weight excluding hydrogens is 458 g/mol. The van der Waals surface area contributed by atoms with Crippen LogP contribution in [0.15, 0.2) is 30.9 Å². The molecule has 1 saturated heterocycles. The molecule has 0 spiro atoms. The van der Waals surface area contributed by atoms with Crippen molar-refractivity contribution in [3.05, 3.63) is 36.4 Å². The lowest BCUT2D eigenvalue weighted by atomic mass is 10.00. The molecule has 0 unspecified atom stereocenters. The Bertz CT molecular complexity index is 1320. The number of anilines is 1. The number of carbonyl (C=O) groups is 1. The summed E-state index contributed by atoms with van der Waals surface area (Å²) in [6.07, 6.45) is 8.77. The summed E-state index contributed by atoms with van der Waals surface area (Å²) >= 11 is 0. The molecule has 1 aliphatic heterocycles. The van der Waals surface area contributed by atoms with E-state index in [-0.39, 0.29) is 17.5 Å². The number of hydrogen-bond donors (Lipinski definition) is 3. The minimum Gasteiger partial charge on any atom is -0.389 e. The Labute approximate surface area is 198 Å². The number of carbonyl (C=O) groups excluding carboxylic acids is 1. The van der Waals surface area contributed by atoms with Crippen LogP contribution in [0.25, 0.3) is 16.6 Å². The smallest absolute Gasteiger partial charge is 0.252 e. The molecule has 4 rings (SSSR count). The summed E-state index contributed by atoms with van der Waals surface area (Å²) < 4.78 is 29.0. The van der Waals surface area contributed by atoms with Crippen molar-refractivity contribution in [1.29, 1.82) is 0 Å². The SMILES string of the molecule is CC[C@H]1CN(S(C)(=O)=O)C[C@H]1Nc1c(C(N)=O)cnn2cc(-c3cnn(CC(C)(C)O)c3)cc12. The highest BCUT2D eigenvalue weighted by Crippen LogP contribution is 2.32. The Morgan fingerprint density at radius 1 is 1.24 bits per heavy atom. The summed E-state index contributed by atoms with van der Waals surface area (Å²) in [5.74, 6) is -0.539. The van der Waals surface area contributed by atoms with Crippen LogP contribution in [0.2, 0.25) is 0 Å². The van der Waals surface area contributed by atoms with Gasteiger partial charge in [0.25, 0.3) is 5.91 Å². The van der Waals surface area contributed by atoms with E-state index in [2.05, 4.69) is 15.5 Å². The molecule has 3 aromatic rings. The zero-order valence-corrected chi connectivity index (χ0v) is 20.6. The molecule has 1 aliphatic rings. The number of aromatic nitrogens is 4. The fourth-order valence-corrected chi connectivity index (χ4v) is 5.31. The van der Waals surface area contributed by atoms with Gasteiger partial charge in [-0.2, -0.15) is 14.5 Å². The predicted molar refractivity (Wildman–Crippen MR) is 129 cm³/mol. The fraction of sp³-hybridized carbons (Fsp3) is 0.500. The van der Waals surface area contributed by atoms with E-state index >= 15 is 0 Å². The van der Waals surface area contributed by atoms with Gasteiger partial charge >= 0.3 is 0 Å². The molecule has 12 heteroatoms. The average Bonchev–Trinajstić information content (AvgIpc) is 3.43. The average molecular weight is 490 g/mol. The molecule has 34 heavy (non-hydrogen) atoms. The summed E-state index contributed by atoms with van der Waals surface area (Å²) in [7, 11) is -3.33. The van der Waals surface area contributed by atoms with E-state index < -0.39 is 21.5 Å². The van der Waals surface area contributed by atoms with Crippen molar-refractivity contribution in [3.8, 4) is 11.1 Å². The number of sulfonamides is 1. The normalized spacial score (nSPS) is 19.7. The molecule has 1 fully saturated rings. The Morgan fingerprint density at radius 3 is 2.59 bits per heavy atom. The Kier molecular flexibility index (Phi) is 6.17. The van der Waals surface area contributed by atoms with Gasteiger partial charge in [-0.05, 0) is 25.8 Å². The molecule has 0 aromatic carbocycles. The van der Waals surface area contributed by atoms with Gasteiger partial charge in [0.05, 0.1) is 47.6 Å². The third kappa shape index (κ3) is 4.93. The molecule has 184 valence electrons. The number of nitrogens with two attached hydrogens (primary N) is 1. The van der Waals surface area contributed by atoms with Gasteiger partial charge in [0, 0.05) is 42.7 Å². The maximum absolute atomic E-state index is 12.2. The van der Waals surface area contributed by atoms with Crippen molar-refractivity contribution >= 4 is 27.1 Å². The maximum atomic E-state index is 12.2. The summed E-state index contributed by atoms with van der Waals surface area (Å²) in [6, 6.07) is 1.70. The zero-order chi connectivity index (χ0) is 24.8. The third-order valence-electron chi connectivity index (χ3n) is 6.15. The van der Waals surface area contributed by atoms with Crippen LogP contribution >= 0.6 is 0 Å². The molecule has 11 nitrogen and oxygen atoms in total. The van der Waals surface area contributed by atoms with Gasteiger partial charge < -0.3 is 16.2 Å². The van der Waals surface area contributed by atoms with Crippen LogP contribution in [-0.2, 0) is 16.6 Å². The monoisotopic (exact) mass is 489 g/mol. The number of aliphatic hydroxyl groups is 1. The van der Waals surface area contributed by atoms with Crippen molar-refractivity contribution in [2.75, 3.05) is 24.7 Å². The largest absolute Gasteiger partial charge is 0.389 e. The van der Waals surface area contributed by atoms with Crippen molar-refractivity contribution in [1.82, 2.24) is 23.7 Å². The second-order valence-corrected chi connectivity index (χ2v) is 11.6.